The van der Waals surface area contributed by atoms with E-state index in [1.54, 1.807) is 6.92 Å². The van der Waals surface area contributed by atoms with Crippen LogP contribution < -0.4 is 0 Å². The maximum Gasteiger partial charge on any atom is 0.409 e. The Morgan fingerprint density at radius 1 is 1.69 bits per heavy atom. The van der Waals surface area contributed by atoms with Crippen molar-refractivity contribution >= 4 is 6.09 Å². The van der Waals surface area contributed by atoms with Gasteiger partial charge in [0, 0.05) is 6.54 Å². The van der Waals surface area contributed by atoms with Gasteiger partial charge in [-0.25, -0.2) is 9.18 Å². The molecule has 1 saturated heterocycles. The molecular formula is C9H16FNO2. The van der Waals surface area contributed by atoms with Crippen LogP contribution in [-0.4, -0.2) is 36.9 Å². The van der Waals surface area contributed by atoms with Crippen molar-refractivity contribution in [3.8, 4) is 0 Å². The number of alkyl halides is 1. The summed E-state index contributed by atoms with van der Waals surface area (Å²) in [5.41, 5.74) is 0. The number of carbonyl (C=O) groups excluding carboxylic acids is 1. The number of halogens is 1. The average molecular weight is 189 g/mol. The molecule has 3 nitrogen and oxygen atoms in total. The van der Waals surface area contributed by atoms with Gasteiger partial charge in [0.15, 0.2) is 0 Å². The largest absolute Gasteiger partial charge is 0.450 e. The van der Waals surface area contributed by atoms with Crippen LogP contribution in [0.15, 0.2) is 0 Å². The Labute approximate surface area is 77.9 Å². The smallest absolute Gasteiger partial charge is 0.409 e. The number of nitrogens with zero attached hydrogens (tertiary/aromatic N) is 1. The van der Waals surface area contributed by atoms with Crippen LogP contribution in [0.1, 0.15) is 20.3 Å². The number of likely N-dealkylation sites (tertiary alicyclic amines) is 1. The quantitative estimate of drug-likeness (QED) is 0.629. The Morgan fingerprint density at radius 2 is 2.38 bits per heavy atom. The highest BCUT2D eigenvalue weighted by Crippen LogP contribution is 2.20. The first-order valence-corrected chi connectivity index (χ1v) is 4.71. The van der Waals surface area contributed by atoms with Crippen molar-refractivity contribution in [3.05, 3.63) is 0 Å². The standard InChI is InChI=1S/C9H16FNO2/c1-3-13-9(12)11-5-4-7(2)8(10)6-11/h7-8H,3-6H2,1-2H3. The van der Waals surface area contributed by atoms with Gasteiger partial charge in [0.25, 0.3) is 0 Å². The number of hydrogen-bond donors (Lipinski definition) is 0. The van der Waals surface area contributed by atoms with E-state index in [0.29, 0.717) is 13.2 Å². The molecule has 2 atom stereocenters. The van der Waals surface area contributed by atoms with E-state index < -0.39 is 12.3 Å². The van der Waals surface area contributed by atoms with E-state index in [1.165, 1.54) is 4.90 Å². The second kappa shape index (κ2) is 4.44. The first-order valence-electron chi connectivity index (χ1n) is 4.71. The zero-order valence-corrected chi connectivity index (χ0v) is 8.12. The topological polar surface area (TPSA) is 29.5 Å². The highest BCUT2D eigenvalue weighted by Gasteiger charge is 2.29. The van der Waals surface area contributed by atoms with Crippen LogP contribution in [0.2, 0.25) is 0 Å². The minimum Gasteiger partial charge on any atom is -0.450 e. The molecule has 13 heavy (non-hydrogen) atoms. The fourth-order valence-electron chi connectivity index (χ4n) is 1.40. The third kappa shape index (κ3) is 2.57. The lowest BCUT2D eigenvalue weighted by molar-refractivity contribution is 0.0620. The van der Waals surface area contributed by atoms with Crippen LogP contribution in [0.4, 0.5) is 9.18 Å². The third-order valence-electron chi connectivity index (χ3n) is 2.39. The number of amides is 1. The molecule has 1 rings (SSSR count). The van der Waals surface area contributed by atoms with Crippen molar-refractivity contribution in [1.29, 1.82) is 0 Å². The molecule has 0 aromatic carbocycles. The van der Waals surface area contributed by atoms with Crippen molar-refractivity contribution in [2.75, 3.05) is 19.7 Å². The van der Waals surface area contributed by atoms with Crippen LogP contribution in [0.3, 0.4) is 0 Å². The number of carbonyl (C=O) groups is 1. The summed E-state index contributed by atoms with van der Waals surface area (Å²) in [6, 6.07) is 0. The lowest BCUT2D eigenvalue weighted by atomic mass is 9.98. The summed E-state index contributed by atoms with van der Waals surface area (Å²) >= 11 is 0. The van der Waals surface area contributed by atoms with E-state index in [-0.39, 0.29) is 12.5 Å². The second-order valence-electron chi connectivity index (χ2n) is 3.43. The van der Waals surface area contributed by atoms with Crippen molar-refractivity contribution in [2.24, 2.45) is 5.92 Å². The van der Waals surface area contributed by atoms with Gasteiger partial charge in [0.05, 0.1) is 13.2 Å². The molecule has 0 spiro atoms. The Balaban J connectivity index is 2.40. The van der Waals surface area contributed by atoms with Gasteiger partial charge in [-0.05, 0) is 19.3 Å². The fraction of sp³-hybridized carbons (Fsp3) is 0.889. The van der Waals surface area contributed by atoms with E-state index in [2.05, 4.69) is 0 Å². The highest BCUT2D eigenvalue weighted by molar-refractivity contribution is 5.67. The summed E-state index contributed by atoms with van der Waals surface area (Å²) < 4.78 is 18.0. The van der Waals surface area contributed by atoms with Crippen molar-refractivity contribution in [1.82, 2.24) is 4.90 Å². The van der Waals surface area contributed by atoms with Gasteiger partial charge in [-0.3, -0.25) is 0 Å². The highest BCUT2D eigenvalue weighted by atomic mass is 19.1. The SMILES string of the molecule is CCOC(=O)N1CCC(C)C(F)C1. The summed E-state index contributed by atoms with van der Waals surface area (Å²) in [7, 11) is 0. The molecule has 1 aliphatic heterocycles. The molecule has 0 radical (unpaired) electrons. The molecule has 0 saturated carbocycles. The second-order valence-corrected chi connectivity index (χ2v) is 3.43. The molecule has 1 heterocycles. The predicted octanol–water partition coefficient (Wildman–Crippen LogP) is 1.82. The molecule has 2 unspecified atom stereocenters. The molecule has 0 aromatic rings. The Bertz CT molecular complexity index is 186. The molecule has 76 valence electrons. The monoisotopic (exact) mass is 189 g/mol. The van der Waals surface area contributed by atoms with E-state index >= 15 is 0 Å². The predicted molar refractivity (Wildman–Crippen MR) is 47.3 cm³/mol. The van der Waals surface area contributed by atoms with E-state index in [0.717, 1.165) is 6.42 Å². The molecule has 0 aromatic heterocycles. The number of piperidine rings is 1. The van der Waals surface area contributed by atoms with E-state index in [4.69, 9.17) is 4.74 Å². The van der Waals surface area contributed by atoms with Crippen molar-refractivity contribution < 1.29 is 13.9 Å². The molecule has 0 N–H and O–H groups in total. The number of hydrogen-bond acceptors (Lipinski definition) is 2. The molecule has 4 heteroatoms. The molecule has 0 bridgehead atoms. The zero-order chi connectivity index (χ0) is 9.84. The van der Waals surface area contributed by atoms with Crippen molar-refractivity contribution in [2.45, 2.75) is 26.4 Å². The molecule has 0 aliphatic carbocycles. The minimum atomic E-state index is -0.904. The minimum absolute atomic E-state index is 0.0608. The molecule has 1 aliphatic rings. The van der Waals surface area contributed by atoms with Crippen LogP contribution in [0.5, 0.6) is 0 Å². The van der Waals surface area contributed by atoms with Gasteiger partial charge in [-0.15, -0.1) is 0 Å². The normalized spacial score (nSPS) is 28.7. The van der Waals surface area contributed by atoms with Gasteiger partial charge in [-0.2, -0.15) is 0 Å². The van der Waals surface area contributed by atoms with Gasteiger partial charge < -0.3 is 9.64 Å². The summed E-state index contributed by atoms with van der Waals surface area (Å²) in [6.45, 7) is 4.76. The summed E-state index contributed by atoms with van der Waals surface area (Å²) in [5.74, 6) is 0.0608. The summed E-state index contributed by atoms with van der Waals surface area (Å²) in [4.78, 5) is 12.6. The fourth-order valence-corrected chi connectivity index (χ4v) is 1.40. The molecule has 1 fully saturated rings. The maximum absolute atomic E-state index is 13.2. The lowest BCUT2D eigenvalue weighted by Crippen LogP contribution is -2.44. The first-order chi connectivity index (χ1) is 6.15. The third-order valence-corrected chi connectivity index (χ3v) is 2.39. The van der Waals surface area contributed by atoms with Crippen LogP contribution in [0.25, 0.3) is 0 Å². The van der Waals surface area contributed by atoms with Gasteiger partial charge in [0.1, 0.15) is 6.17 Å². The van der Waals surface area contributed by atoms with Crippen molar-refractivity contribution in [3.63, 3.8) is 0 Å². The maximum atomic E-state index is 13.2. The van der Waals surface area contributed by atoms with Gasteiger partial charge in [-0.1, -0.05) is 6.92 Å². The van der Waals surface area contributed by atoms with Crippen LogP contribution in [-0.2, 0) is 4.74 Å². The Morgan fingerprint density at radius 3 is 2.92 bits per heavy atom. The van der Waals surface area contributed by atoms with Gasteiger partial charge in [0.2, 0.25) is 0 Å². The zero-order valence-electron chi connectivity index (χ0n) is 8.12. The van der Waals surface area contributed by atoms with Crippen LogP contribution >= 0.6 is 0 Å². The molecular weight excluding hydrogens is 173 g/mol. The summed E-state index contributed by atoms with van der Waals surface area (Å²) in [5, 5.41) is 0. The first kappa shape index (κ1) is 10.3. The Kier molecular flexibility index (Phi) is 3.51. The Hall–Kier alpha value is -0.800. The van der Waals surface area contributed by atoms with E-state index in [9.17, 15) is 9.18 Å². The summed E-state index contributed by atoms with van der Waals surface area (Å²) in [6.07, 6.45) is -0.574. The van der Waals surface area contributed by atoms with Gasteiger partial charge >= 0.3 is 6.09 Å². The number of rotatable bonds is 1. The lowest BCUT2D eigenvalue weighted by Gasteiger charge is -2.32. The number of ether oxygens (including phenoxy) is 1. The average Bonchev–Trinajstić information content (AvgIpc) is 2.10. The molecule has 1 amide bonds. The van der Waals surface area contributed by atoms with E-state index in [1.807, 2.05) is 6.92 Å². The van der Waals surface area contributed by atoms with Crippen LogP contribution in [0, 0.1) is 5.92 Å².